The summed E-state index contributed by atoms with van der Waals surface area (Å²) in [7, 11) is -5.25. The monoisotopic (exact) mass is 1020 g/mol. The third-order valence-electron chi connectivity index (χ3n) is 11.7. The predicted octanol–water partition coefficient (Wildman–Crippen LogP) is 7.26. The summed E-state index contributed by atoms with van der Waals surface area (Å²) in [6.07, 6.45) is 23.2. The lowest BCUT2D eigenvalue weighted by atomic mass is 9.85. The van der Waals surface area contributed by atoms with Gasteiger partial charge in [-0.05, 0) is 38.5 Å². The van der Waals surface area contributed by atoms with Crippen LogP contribution in [0.25, 0.3) is 0 Å². The molecule has 19 heteroatoms. The molecule has 0 saturated heterocycles. The Morgan fingerprint density at radius 1 is 0.667 bits per heavy atom. The van der Waals surface area contributed by atoms with Crippen molar-refractivity contribution in [1.29, 1.82) is 0 Å². The Hall–Kier alpha value is -2.45. The van der Waals surface area contributed by atoms with Gasteiger partial charge in [-0.15, -0.1) is 11.8 Å². The minimum atomic E-state index is -5.25. The maximum Gasteiger partial charge on any atom is 0.472 e. The molecule has 11 atom stereocenters. The van der Waals surface area contributed by atoms with Gasteiger partial charge in [0.15, 0.2) is 6.10 Å². The maximum absolute atomic E-state index is 13.1. The van der Waals surface area contributed by atoms with Crippen LogP contribution in [0.15, 0.2) is 48.6 Å². The van der Waals surface area contributed by atoms with Crippen LogP contribution in [0.2, 0.25) is 0 Å². The number of rotatable bonds is 42. The Morgan fingerprint density at radius 2 is 1.20 bits per heavy atom. The number of thioether (sulfide) groups is 1. The fourth-order valence-electron chi connectivity index (χ4n) is 7.44. The van der Waals surface area contributed by atoms with Crippen molar-refractivity contribution in [3.8, 4) is 0 Å². The lowest BCUT2D eigenvalue weighted by molar-refractivity contribution is -0.220. The zero-order valence-corrected chi connectivity index (χ0v) is 43.0. The van der Waals surface area contributed by atoms with E-state index in [0.717, 1.165) is 50.3 Å². The maximum atomic E-state index is 13.1. The predicted molar refractivity (Wildman–Crippen MR) is 268 cm³/mol. The highest BCUT2D eigenvalue weighted by Gasteiger charge is 2.51. The molecule has 1 rings (SSSR count). The molecule has 0 spiro atoms. The molecule has 0 bridgehead atoms. The molecule has 0 heterocycles. The Labute approximate surface area is 415 Å². The highest BCUT2D eigenvalue weighted by Crippen LogP contribution is 2.47. The molecule has 0 aromatic rings. The number of carbonyl (C=O) groups is 3. The highest BCUT2D eigenvalue weighted by atomic mass is 32.2. The van der Waals surface area contributed by atoms with Crippen molar-refractivity contribution < 1.29 is 78.1 Å². The van der Waals surface area contributed by atoms with Gasteiger partial charge >= 0.3 is 25.7 Å². The molecule has 1 fully saturated rings. The van der Waals surface area contributed by atoms with E-state index in [1.54, 1.807) is 18.2 Å². The summed E-state index contributed by atoms with van der Waals surface area (Å²) in [5.74, 6) is -2.67. The number of hydrogen-bond acceptors (Lipinski definition) is 16. The molecular formula is C50H88NO16PS. The molecule has 0 amide bonds. The van der Waals surface area contributed by atoms with Crippen LogP contribution < -0.4 is 5.73 Å². The number of allylic oxidation sites excluding steroid dienone is 7. The standard InChI is InChI=1S/C50H88NO16PS/c1-3-5-7-9-11-13-15-17-18-19-21-23-25-27-29-34-43(55)66-38(36-65-68(62,63)67-49-47(59)45(57)44(56)46(58)48(49)60)35-64-50(61)39(51)37-69-41(40(52)31-30-33-42(53)54)32-28-26-24-22-20-16-14-12-10-8-6-4-2/h12,14,20,22,24,26,28,32,38-41,44-49,52,56-60H,3-11,13,15-19,21,23,25,27,29-31,33-37,51H2,1-2H3,(H,53,54)(H,62,63)/b14-12-,22-20-,26-24+,32-28+/t38-,39+,40+,41-,44?,45-,46+,47-,48-,49?/m1/s1. The van der Waals surface area contributed by atoms with Gasteiger partial charge in [-0.3, -0.25) is 23.4 Å². The first-order valence-electron chi connectivity index (χ1n) is 25.4. The second-order valence-electron chi connectivity index (χ2n) is 17.9. The van der Waals surface area contributed by atoms with E-state index < -0.39 is 99.1 Å². The number of phosphoric acid groups is 1. The average Bonchev–Trinajstić information content (AvgIpc) is 3.32. The van der Waals surface area contributed by atoms with Crippen molar-refractivity contribution in [1.82, 2.24) is 0 Å². The number of carboxylic acid groups (broad SMARTS) is 1. The van der Waals surface area contributed by atoms with Crippen LogP contribution in [0.4, 0.5) is 0 Å². The molecule has 0 radical (unpaired) electrons. The van der Waals surface area contributed by atoms with Crippen molar-refractivity contribution >= 4 is 37.5 Å². The molecule has 1 aliphatic rings. The van der Waals surface area contributed by atoms with Gasteiger partial charge in [-0.2, -0.15) is 0 Å². The molecule has 17 nitrogen and oxygen atoms in total. The molecule has 1 aliphatic carbocycles. The topological polar surface area (TPSA) is 293 Å². The third kappa shape index (κ3) is 31.6. The first-order valence-corrected chi connectivity index (χ1v) is 27.9. The quantitative estimate of drug-likeness (QED) is 0.00955. The SMILES string of the molecule is CCCCC/C=C\C\C=C/C=C/C=C/[C@@H](SC[C@H](N)C(=O)OC[C@H](COP(=O)(O)OC1[C@H](O)[C@H](O)C(O)[C@H](O)[C@H]1O)OC(=O)CCCCCCCCCCCCCCCCC)[C@@H](O)CCCC(=O)O. The Balaban J connectivity index is 2.85. The van der Waals surface area contributed by atoms with Crippen LogP contribution in [-0.2, 0) is 37.5 Å². The van der Waals surface area contributed by atoms with E-state index >= 15 is 0 Å². The number of esters is 2. The minimum absolute atomic E-state index is 0.00356. The number of phosphoric ester groups is 1. The van der Waals surface area contributed by atoms with Gasteiger partial charge < -0.3 is 55.8 Å². The van der Waals surface area contributed by atoms with E-state index in [1.165, 1.54) is 83.5 Å². The second-order valence-corrected chi connectivity index (χ2v) is 20.5. The number of nitrogens with two attached hydrogens (primary N) is 1. The van der Waals surface area contributed by atoms with E-state index in [0.29, 0.717) is 6.42 Å². The number of ether oxygens (including phenoxy) is 2. The smallest absolute Gasteiger partial charge is 0.472 e. The van der Waals surface area contributed by atoms with Crippen molar-refractivity contribution in [3.05, 3.63) is 48.6 Å². The largest absolute Gasteiger partial charge is 0.481 e. The fourth-order valence-corrected chi connectivity index (χ4v) is 9.53. The number of carboxylic acids is 1. The summed E-state index contributed by atoms with van der Waals surface area (Å²) in [5.41, 5.74) is 6.18. The molecule has 1 saturated carbocycles. The zero-order valence-electron chi connectivity index (χ0n) is 41.3. The van der Waals surface area contributed by atoms with Crippen LogP contribution in [-0.4, -0.2) is 138 Å². The lowest BCUT2D eigenvalue weighted by Gasteiger charge is -2.41. The van der Waals surface area contributed by atoms with Gasteiger partial charge in [0.25, 0.3) is 0 Å². The van der Waals surface area contributed by atoms with Crippen LogP contribution in [0.5, 0.6) is 0 Å². The number of aliphatic hydroxyl groups excluding tert-OH is 6. The normalized spacial score (nSPS) is 22.6. The third-order valence-corrected chi connectivity index (χ3v) is 14.1. The van der Waals surface area contributed by atoms with Crippen LogP contribution in [0, 0.1) is 0 Å². The minimum Gasteiger partial charge on any atom is -0.481 e. The fraction of sp³-hybridized carbons (Fsp3) is 0.780. The number of unbranched alkanes of at least 4 members (excludes halogenated alkanes) is 17. The summed E-state index contributed by atoms with van der Waals surface area (Å²) in [6.45, 7) is 2.84. The summed E-state index contributed by atoms with van der Waals surface area (Å²) < 4.78 is 33.7. The first kappa shape index (κ1) is 64.6. The molecule has 0 aliphatic heterocycles. The van der Waals surface area contributed by atoms with Gasteiger partial charge in [0.05, 0.1) is 12.7 Å². The summed E-state index contributed by atoms with van der Waals surface area (Å²) in [4.78, 5) is 47.6. The molecule has 3 unspecified atom stereocenters. The van der Waals surface area contributed by atoms with Crippen molar-refractivity contribution in [2.75, 3.05) is 19.0 Å². The molecular weight excluding hydrogens is 934 g/mol. The van der Waals surface area contributed by atoms with Gasteiger partial charge in [-0.1, -0.05) is 165 Å². The first-order chi connectivity index (χ1) is 33.0. The second kappa shape index (κ2) is 40.1. The molecule has 0 aromatic heterocycles. The van der Waals surface area contributed by atoms with Crippen molar-refractivity contribution in [3.63, 3.8) is 0 Å². The summed E-state index contributed by atoms with van der Waals surface area (Å²) in [6, 6.07) is -1.25. The van der Waals surface area contributed by atoms with Gasteiger partial charge in [-0.25, -0.2) is 4.57 Å². The van der Waals surface area contributed by atoms with Crippen molar-refractivity contribution in [2.45, 2.75) is 228 Å². The van der Waals surface area contributed by atoms with E-state index in [2.05, 4.69) is 26.0 Å². The average molecular weight is 1020 g/mol. The molecule has 69 heavy (non-hydrogen) atoms. The lowest BCUT2D eigenvalue weighted by Crippen LogP contribution is -2.64. The van der Waals surface area contributed by atoms with E-state index in [4.69, 9.17) is 29.4 Å². The number of aliphatic carboxylic acids is 1. The Bertz CT molecular complexity index is 1520. The molecule has 400 valence electrons. The van der Waals surface area contributed by atoms with E-state index in [9.17, 15) is 54.5 Å². The Kier molecular flexibility index (Phi) is 37.5. The summed E-state index contributed by atoms with van der Waals surface area (Å²) in [5, 5.41) is 69.9. The van der Waals surface area contributed by atoms with Crippen LogP contribution in [0.3, 0.4) is 0 Å². The van der Waals surface area contributed by atoms with Crippen LogP contribution >= 0.6 is 19.6 Å². The van der Waals surface area contributed by atoms with Gasteiger partial charge in [0.1, 0.15) is 49.3 Å². The number of carbonyl (C=O) groups excluding carboxylic acids is 2. The number of hydrogen-bond donors (Lipinski definition) is 9. The van der Waals surface area contributed by atoms with Gasteiger partial charge in [0, 0.05) is 23.8 Å². The molecule has 0 aromatic carbocycles. The summed E-state index contributed by atoms with van der Waals surface area (Å²) >= 11 is 1.15. The van der Waals surface area contributed by atoms with Crippen molar-refractivity contribution in [2.24, 2.45) is 5.73 Å². The number of aliphatic hydroxyl groups is 6. The van der Waals surface area contributed by atoms with E-state index in [-0.39, 0.29) is 31.4 Å². The highest BCUT2D eigenvalue weighted by molar-refractivity contribution is 8.00. The Morgan fingerprint density at radius 3 is 1.78 bits per heavy atom. The zero-order chi connectivity index (χ0) is 51.3. The van der Waals surface area contributed by atoms with Crippen LogP contribution in [0.1, 0.15) is 168 Å². The molecule has 10 N–H and O–H groups in total. The van der Waals surface area contributed by atoms with Gasteiger partial charge in [0.2, 0.25) is 0 Å². The van der Waals surface area contributed by atoms with E-state index in [1.807, 2.05) is 18.2 Å².